The maximum Gasteiger partial charge on any atom is 0.314 e. The van der Waals surface area contributed by atoms with E-state index in [4.69, 9.17) is 0 Å². The Labute approximate surface area is 155 Å². The number of anilines is 1. The molecule has 3 amide bonds. The van der Waals surface area contributed by atoms with Crippen LogP contribution in [0.4, 0.5) is 5.69 Å². The fourth-order valence-electron chi connectivity index (χ4n) is 3.07. The average Bonchev–Trinajstić information content (AvgIpc) is 2.86. The minimum Gasteiger partial charge on any atom is -0.481 e. The van der Waals surface area contributed by atoms with Crippen molar-refractivity contribution in [3.63, 3.8) is 0 Å². The van der Waals surface area contributed by atoms with E-state index < -0.39 is 29.1 Å². The molecule has 7 nitrogen and oxygen atoms in total. The molecule has 0 bridgehead atoms. The van der Waals surface area contributed by atoms with Crippen molar-refractivity contribution < 1.29 is 24.3 Å². The van der Waals surface area contributed by atoms with Crippen molar-refractivity contribution in [2.24, 2.45) is 0 Å². The molecule has 1 heterocycles. The summed E-state index contributed by atoms with van der Waals surface area (Å²) in [5.41, 5.74) is -0.0573. The highest BCUT2D eigenvalue weighted by Gasteiger charge is 2.38. The number of carbonyl (C=O) groups is 4. The molecule has 0 radical (unpaired) electrons. The van der Waals surface area contributed by atoms with Crippen LogP contribution in [0.2, 0.25) is 0 Å². The molecular weight excluding hydrogens is 348 g/mol. The largest absolute Gasteiger partial charge is 0.481 e. The van der Waals surface area contributed by atoms with Crippen LogP contribution >= 0.6 is 0 Å². The highest BCUT2D eigenvalue weighted by Crippen LogP contribution is 2.29. The molecule has 0 aliphatic carbocycles. The minimum absolute atomic E-state index is 0.212. The zero-order valence-electron chi connectivity index (χ0n) is 14.9. The monoisotopic (exact) mass is 366 g/mol. The number of carbonyl (C=O) groups excluding carboxylic acids is 3. The average molecular weight is 366 g/mol. The summed E-state index contributed by atoms with van der Waals surface area (Å²) >= 11 is 0. The van der Waals surface area contributed by atoms with Crippen LogP contribution in [-0.4, -0.2) is 40.7 Å². The molecule has 1 aliphatic rings. The van der Waals surface area contributed by atoms with E-state index in [9.17, 15) is 24.3 Å². The predicted octanol–water partition coefficient (Wildman–Crippen LogP) is 2.28. The van der Waals surface area contributed by atoms with Gasteiger partial charge in [-0.15, -0.1) is 0 Å². The van der Waals surface area contributed by atoms with Crippen LogP contribution in [0.5, 0.6) is 0 Å². The van der Waals surface area contributed by atoms with Gasteiger partial charge in [-0.3, -0.25) is 24.1 Å². The van der Waals surface area contributed by atoms with Crippen molar-refractivity contribution in [1.82, 2.24) is 4.90 Å². The lowest BCUT2D eigenvalue weighted by molar-refractivity contribution is -0.145. The molecule has 0 fully saturated rings. The number of hydrogen-bond acceptors (Lipinski definition) is 4. The molecular formula is C20H18N2O5. The van der Waals surface area contributed by atoms with Crippen LogP contribution in [-0.2, 0) is 15.0 Å². The number of rotatable bonds is 5. The van der Waals surface area contributed by atoms with E-state index in [2.05, 4.69) is 5.32 Å². The Morgan fingerprint density at radius 3 is 2.30 bits per heavy atom. The fraction of sp³-hybridized carbons (Fsp3) is 0.200. The number of hydrogen-bond donors (Lipinski definition) is 2. The Hall–Kier alpha value is -3.48. The summed E-state index contributed by atoms with van der Waals surface area (Å²) < 4.78 is 0. The van der Waals surface area contributed by atoms with Gasteiger partial charge in [0.1, 0.15) is 0 Å². The van der Waals surface area contributed by atoms with Gasteiger partial charge >= 0.3 is 5.97 Å². The zero-order chi connectivity index (χ0) is 19.8. The Morgan fingerprint density at radius 2 is 1.67 bits per heavy atom. The van der Waals surface area contributed by atoms with Gasteiger partial charge < -0.3 is 10.4 Å². The smallest absolute Gasteiger partial charge is 0.314 e. The first-order valence-corrected chi connectivity index (χ1v) is 8.29. The number of nitrogens with one attached hydrogen (secondary N) is 1. The molecule has 0 aromatic heterocycles. The third-order valence-electron chi connectivity index (χ3n) is 4.77. The highest BCUT2D eigenvalue weighted by molar-refractivity contribution is 6.21. The molecule has 1 atom stereocenters. The van der Waals surface area contributed by atoms with E-state index in [0.29, 0.717) is 11.3 Å². The van der Waals surface area contributed by atoms with E-state index in [0.717, 1.165) is 4.90 Å². The van der Waals surface area contributed by atoms with Crippen LogP contribution in [0, 0.1) is 0 Å². The minimum atomic E-state index is -1.39. The number of aliphatic carboxylic acids is 1. The van der Waals surface area contributed by atoms with Gasteiger partial charge in [0.05, 0.1) is 16.5 Å². The number of fused-ring (bicyclic) bond motifs is 1. The van der Waals surface area contributed by atoms with Gasteiger partial charge in [-0.05, 0) is 30.7 Å². The van der Waals surface area contributed by atoms with Crippen LogP contribution in [0.25, 0.3) is 0 Å². The maximum absolute atomic E-state index is 12.5. The molecule has 0 spiro atoms. The lowest BCUT2D eigenvalue weighted by Gasteiger charge is -2.24. The van der Waals surface area contributed by atoms with Gasteiger partial charge in [-0.1, -0.05) is 30.3 Å². The highest BCUT2D eigenvalue weighted by atomic mass is 16.4. The van der Waals surface area contributed by atoms with E-state index in [1.165, 1.54) is 32.2 Å². The summed E-state index contributed by atoms with van der Waals surface area (Å²) in [7, 11) is 1.39. The molecule has 3 rings (SSSR count). The van der Waals surface area contributed by atoms with Gasteiger partial charge in [-0.25, -0.2) is 0 Å². The number of amides is 3. The Kier molecular flexibility index (Phi) is 4.53. The quantitative estimate of drug-likeness (QED) is 0.790. The molecule has 0 saturated carbocycles. The summed E-state index contributed by atoms with van der Waals surface area (Å²) in [5.74, 6) is -2.45. The molecule has 2 aromatic rings. The Balaban J connectivity index is 1.81. The number of carboxylic acids is 1. The second kappa shape index (κ2) is 6.68. The van der Waals surface area contributed by atoms with Crippen molar-refractivity contribution in [2.75, 3.05) is 12.4 Å². The van der Waals surface area contributed by atoms with Crippen LogP contribution in [0.15, 0.2) is 48.5 Å². The topological polar surface area (TPSA) is 104 Å². The summed E-state index contributed by atoms with van der Waals surface area (Å²) in [6.45, 7) is 1.49. The van der Waals surface area contributed by atoms with Crippen molar-refractivity contribution in [2.45, 2.75) is 18.8 Å². The number of benzene rings is 2. The normalized spacial score (nSPS) is 15.3. The molecule has 0 unspecified atom stereocenters. The lowest BCUT2D eigenvalue weighted by Crippen LogP contribution is -2.36. The van der Waals surface area contributed by atoms with Gasteiger partial charge in [0, 0.05) is 19.2 Å². The molecule has 138 valence electrons. The van der Waals surface area contributed by atoms with Crippen molar-refractivity contribution in [1.29, 1.82) is 0 Å². The third kappa shape index (κ3) is 3.19. The standard InChI is InChI=1S/C20H18N2O5/c1-20(19(26)27,12-6-4-3-5-7-12)11-16(23)21-13-8-9-14-15(10-13)18(25)22(2)17(14)24/h3-10H,11H2,1-2H3,(H,21,23)(H,26,27)/t20-/m0/s1. The third-order valence-corrected chi connectivity index (χ3v) is 4.77. The number of imide groups is 1. The molecule has 2 aromatic carbocycles. The van der Waals surface area contributed by atoms with Gasteiger partial charge in [0.2, 0.25) is 5.91 Å². The second-order valence-corrected chi connectivity index (χ2v) is 6.66. The summed E-state index contributed by atoms with van der Waals surface area (Å²) in [4.78, 5) is 49.3. The molecule has 7 heteroatoms. The SMILES string of the molecule is CN1C(=O)c2ccc(NC(=O)C[C@](C)(C(=O)O)c3ccccc3)cc2C1=O. The molecule has 0 saturated heterocycles. The maximum atomic E-state index is 12.5. The summed E-state index contributed by atoms with van der Waals surface area (Å²) in [5, 5.41) is 12.3. The van der Waals surface area contributed by atoms with Crippen molar-refractivity contribution in [3.8, 4) is 0 Å². The van der Waals surface area contributed by atoms with E-state index in [1.54, 1.807) is 30.3 Å². The van der Waals surface area contributed by atoms with Crippen LogP contribution in [0.3, 0.4) is 0 Å². The molecule has 2 N–H and O–H groups in total. The first kappa shape index (κ1) is 18.3. The number of carboxylic acid groups (broad SMARTS) is 1. The Bertz CT molecular complexity index is 954. The van der Waals surface area contributed by atoms with E-state index in [-0.39, 0.29) is 17.5 Å². The second-order valence-electron chi connectivity index (χ2n) is 6.66. The van der Waals surface area contributed by atoms with Gasteiger partial charge in [0.25, 0.3) is 11.8 Å². The Morgan fingerprint density at radius 1 is 1.04 bits per heavy atom. The van der Waals surface area contributed by atoms with Crippen molar-refractivity contribution >= 4 is 29.4 Å². The molecule has 27 heavy (non-hydrogen) atoms. The lowest BCUT2D eigenvalue weighted by atomic mass is 9.79. The van der Waals surface area contributed by atoms with Crippen LogP contribution in [0.1, 0.15) is 39.6 Å². The number of nitrogens with zero attached hydrogens (tertiary/aromatic N) is 1. The van der Waals surface area contributed by atoms with Crippen LogP contribution < -0.4 is 5.32 Å². The van der Waals surface area contributed by atoms with Gasteiger partial charge in [-0.2, -0.15) is 0 Å². The van der Waals surface area contributed by atoms with Crippen molar-refractivity contribution in [3.05, 3.63) is 65.2 Å². The fourth-order valence-corrected chi connectivity index (χ4v) is 3.07. The first-order valence-electron chi connectivity index (χ1n) is 8.29. The van der Waals surface area contributed by atoms with E-state index >= 15 is 0 Å². The zero-order valence-corrected chi connectivity index (χ0v) is 14.9. The predicted molar refractivity (Wildman–Crippen MR) is 97.5 cm³/mol. The van der Waals surface area contributed by atoms with Gasteiger partial charge in [0.15, 0.2) is 0 Å². The summed E-state index contributed by atoms with van der Waals surface area (Å²) in [6.07, 6.45) is -0.282. The summed E-state index contributed by atoms with van der Waals surface area (Å²) in [6, 6.07) is 12.9. The molecule has 1 aliphatic heterocycles. The first-order chi connectivity index (χ1) is 12.7. The van der Waals surface area contributed by atoms with E-state index in [1.807, 2.05) is 0 Å².